The van der Waals surface area contributed by atoms with Gasteiger partial charge < -0.3 is 14.4 Å². The summed E-state index contributed by atoms with van der Waals surface area (Å²) in [5.74, 6) is 1.69. The van der Waals surface area contributed by atoms with Gasteiger partial charge in [-0.15, -0.1) is 11.5 Å². The molecule has 0 fully saturated rings. The molecule has 280 valence electrons. The first-order valence-corrected chi connectivity index (χ1v) is 19.5. The average Bonchev–Trinajstić information content (AvgIpc) is 3.77. The zero-order chi connectivity index (χ0) is 37.8. The molecule has 0 spiro atoms. The number of pyridine rings is 1. The predicted molar refractivity (Wildman–Crippen MR) is 230 cm³/mol. The quantitative estimate of drug-likeness (QED) is 0.142. The third-order valence-corrected chi connectivity index (χ3v) is 11.5. The largest absolute Gasteiger partial charge is 2.00 e. The summed E-state index contributed by atoms with van der Waals surface area (Å²) in [6.07, 6.45) is 1.97. The van der Waals surface area contributed by atoms with E-state index in [4.69, 9.17) is 4.98 Å². The third-order valence-electron chi connectivity index (χ3n) is 11.5. The van der Waals surface area contributed by atoms with Crippen molar-refractivity contribution < 1.29 is 21.1 Å². The topological polar surface area (TPSA) is 24.3 Å². The minimum atomic E-state index is -0.387. The third kappa shape index (κ3) is 6.35. The maximum atomic E-state index is 5.04. The van der Waals surface area contributed by atoms with Crippen LogP contribution < -0.4 is 9.80 Å². The molecule has 0 amide bonds. The summed E-state index contributed by atoms with van der Waals surface area (Å²) in [4.78, 5) is 9.78. The second-order valence-electron chi connectivity index (χ2n) is 15.9. The van der Waals surface area contributed by atoms with Gasteiger partial charge in [-0.05, 0) is 87.4 Å². The van der Waals surface area contributed by atoms with Crippen LogP contribution in [-0.4, -0.2) is 16.2 Å². The zero-order valence-electron chi connectivity index (χ0n) is 32.8. The SMILES string of the molecule is CC(C)c1cccc(C(C)C)c1-c1ccnc(-n2c3[c-]c(C(C)(C)c4[c-]c(N5CN(c6ccccc6)c6ccccc65)ccc4)ccc3c3ccccc32)c1.[Pt+2]. The Hall–Kier alpha value is -5.44. The van der Waals surface area contributed by atoms with Crippen LogP contribution in [-0.2, 0) is 26.5 Å². The number of para-hydroxylation sites is 4. The van der Waals surface area contributed by atoms with Gasteiger partial charge in [0, 0.05) is 17.4 Å². The fourth-order valence-electron chi connectivity index (χ4n) is 8.45. The Morgan fingerprint density at radius 2 is 1.25 bits per heavy atom. The molecule has 0 N–H and O–H groups in total. The molecule has 0 saturated carbocycles. The molecule has 4 nitrogen and oxygen atoms in total. The molecule has 0 saturated heterocycles. The zero-order valence-corrected chi connectivity index (χ0v) is 35.1. The van der Waals surface area contributed by atoms with Crippen LogP contribution in [0.5, 0.6) is 0 Å². The van der Waals surface area contributed by atoms with Crippen molar-refractivity contribution in [2.75, 3.05) is 16.5 Å². The Labute approximate surface area is 345 Å². The van der Waals surface area contributed by atoms with Crippen molar-refractivity contribution in [1.29, 1.82) is 0 Å². The molecule has 5 heteroatoms. The van der Waals surface area contributed by atoms with E-state index in [1.165, 1.54) is 50.1 Å². The number of nitrogens with zero attached hydrogens (tertiary/aromatic N) is 4. The van der Waals surface area contributed by atoms with Gasteiger partial charge in [0.1, 0.15) is 5.82 Å². The van der Waals surface area contributed by atoms with Crippen molar-refractivity contribution in [3.63, 3.8) is 0 Å². The molecular formula is C51H46N4Pt. The minimum Gasteiger partial charge on any atom is -0.345 e. The number of fused-ring (bicyclic) bond motifs is 4. The van der Waals surface area contributed by atoms with Crippen molar-refractivity contribution in [3.05, 3.63) is 180 Å². The minimum absolute atomic E-state index is 0. The van der Waals surface area contributed by atoms with E-state index >= 15 is 0 Å². The molecule has 8 aromatic rings. The number of benzene rings is 6. The summed E-state index contributed by atoms with van der Waals surface area (Å²) < 4.78 is 2.31. The van der Waals surface area contributed by atoms with Crippen LogP contribution in [0, 0.1) is 12.1 Å². The molecule has 2 aromatic heterocycles. The second kappa shape index (κ2) is 14.9. The van der Waals surface area contributed by atoms with E-state index in [1.54, 1.807) is 0 Å². The van der Waals surface area contributed by atoms with Crippen LogP contribution >= 0.6 is 0 Å². The van der Waals surface area contributed by atoms with Crippen molar-refractivity contribution in [3.8, 4) is 16.9 Å². The summed E-state index contributed by atoms with van der Waals surface area (Å²) in [5, 5.41) is 2.36. The number of rotatable bonds is 8. The van der Waals surface area contributed by atoms with Crippen LogP contribution in [0.2, 0.25) is 0 Å². The fourth-order valence-corrected chi connectivity index (χ4v) is 8.45. The Balaban J connectivity index is 0.00000441. The Morgan fingerprint density at radius 3 is 1.98 bits per heavy atom. The van der Waals surface area contributed by atoms with Crippen molar-refractivity contribution in [2.24, 2.45) is 0 Å². The fraction of sp³-hybridized carbons (Fsp3) is 0.196. The first-order valence-electron chi connectivity index (χ1n) is 19.5. The van der Waals surface area contributed by atoms with Gasteiger partial charge in [0.15, 0.2) is 0 Å². The molecule has 56 heavy (non-hydrogen) atoms. The van der Waals surface area contributed by atoms with E-state index in [9.17, 15) is 0 Å². The van der Waals surface area contributed by atoms with Crippen LogP contribution in [0.3, 0.4) is 0 Å². The van der Waals surface area contributed by atoms with Crippen molar-refractivity contribution in [2.45, 2.75) is 58.8 Å². The molecule has 0 bridgehead atoms. The maximum absolute atomic E-state index is 5.04. The predicted octanol–water partition coefficient (Wildman–Crippen LogP) is 13.3. The molecule has 9 rings (SSSR count). The molecule has 1 aliphatic rings. The van der Waals surface area contributed by atoms with Gasteiger partial charge in [-0.25, -0.2) is 4.98 Å². The van der Waals surface area contributed by atoms with E-state index in [1.807, 2.05) is 6.20 Å². The molecule has 6 aromatic carbocycles. The van der Waals surface area contributed by atoms with Gasteiger partial charge in [-0.2, -0.15) is 47.5 Å². The van der Waals surface area contributed by atoms with Crippen LogP contribution in [0.1, 0.15) is 75.6 Å². The normalized spacial score (nSPS) is 12.9. The summed E-state index contributed by atoms with van der Waals surface area (Å²) >= 11 is 0. The maximum Gasteiger partial charge on any atom is 2.00 e. The van der Waals surface area contributed by atoms with E-state index in [0.29, 0.717) is 18.5 Å². The Kier molecular flexibility index (Phi) is 9.97. The smallest absolute Gasteiger partial charge is 0.345 e. The standard InChI is InChI=1S/C51H46N4.Pt/c1-34(2)41-21-15-22-42(35(3)4)50(41)36-28-29-52-49(30-36)55-45-23-11-10-20-43(45)44-27-26-38(32-48(44)55)51(5,6)37-16-14-19-40(31-37)54-33-53(39-17-8-7-9-18-39)46-24-12-13-25-47(46)54;/h7-30,34-35H,33H2,1-6H3;/q-2;+2. The van der Waals surface area contributed by atoms with Gasteiger partial charge in [0.05, 0.1) is 18.0 Å². The van der Waals surface area contributed by atoms with Gasteiger partial charge in [-0.1, -0.05) is 119 Å². The van der Waals surface area contributed by atoms with Gasteiger partial charge in [0.2, 0.25) is 0 Å². The summed E-state index contributed by atoms with van der Waals surface area (Å²) in [5.41, 5.74) is 13.8. The monoisotopic (exact) mass is 909 g/mol. The number of aromatic nitrogens is 2. The van der Waals surface area contributed by atoms with E-state index in [-0.39, 0.29) is 26.5 Å². The molecule has 0 radical (unpaired) electrons. The van der Waals surface area contributed by atoms with Gasteiger partial charge >= 0.3 is 21.1 Å². The number of hydrogen-bond donors (Lipinski definition) is 0. The summed E-state index contributed by atoms with van der Waals surface area (Å²) in [6, 6.07) is 58.0. The number of anilines is 4. The van der Waals surface area contributed by atoms with Gasteiger partial charge in [-0.3, -0.25) is 0 Å². The second-order valence-corrected chi connectivity index (χ2v) is 15.9. The van der Waals surface area contributed by atoms with E-state index in [0.717, 1.165) is 33.7 Å². The summed E-state index contributed by atoms with van der Waals surface area (Å²) in [6.45, 7) is 14.4. The molecule has 1 aliphatic heterocycles. The Morgan fingerprint density at radius 1 is 0.607 bits per heavy atom. The molecule has 3 heterocycles. The van der Waals surface area contributed by atoms with Crippen LogP contribution in [0.25, 0.3) is 38.8 Å². The van der Waals surface area contributed by atoms with Crippen LogP contribution in [0.4, 0.5) is 22.7 Å². The number of hydrogen-bond acceptors (Lipinski definition) is 3. The van der Waals surface area contributed by atoms with Crippen molar-refractivity contribution in [1.82, 2.24) is 9.55 Å². The Bertz CT molecular complexity index is 2660. The van der Waals surface area contributed by atoms with E-state index < -0.39 is 0 Å². The molecule has 0 atom stereocenters. The van der Waals surface area contributed by atoms with E-state index in [2.05, 4.69) is 208 Å². The molecule has 0 unspecified atom stereocenters. The van der Waals surface area contributed by atoms with Crippen LogP contribution in [0.15, 0.2) is 146 Å². The first kappa shape index (κ1) is 37.5. The summed E-state index contributed by atoms with van der Waals surface area (Å²) in [7, 11) is 0. The van der Waals surface area contributed by atoms with Crippen molar-refractivity contribution >= 4 is 44.6 Å². The average molecular weight is 910 g/mol. The molecular weight excluding hydrogens is 864 g/mol. The first-order chi connectivity index (χ1) is 26.7. The van der Waals surface area contributed by atoms with Gasteiger partial charge in [0.25, 0.3) is 0 Å². The molecule has 0 aliphatic carbocycles.